The van der Waals surface area contributed by atoms with Crippen LogP contribution in [-0.4, -0.2) is 56.0 Å². The summed E-state index contributed by atoms with van der Waals surface area (Å²) in [5, 5.41) is 3.07. The fraction of sp³-hybridized carbons (Fsp3) is 0.579. The highest BCUT2D eigenvalue weighted by molar-refractivity contribution is 5.79. The number of likely N-dealkylation sites (tertiary alicyclic amines) is 1. The molecule has 0 saturated carbocycles. The number of nitrogens with one attached hydrogen (secondary N) is 1. The number of amides is 2. The minimum atomic E-state index is -0.325. The Morgan fingerprint density at radius 3 is 2.58 bits per heavy atom. The summed E-state index contributed by atoms with van der Waals surface area (Å²) >= 11 is 0. The zero-order valence-electron chi connectivity index (χ0n) is 15.0. The molecule has 1 aromatic carbocycles. The summed E-state index contributed by atoms with van der Waals surface area (Å²) in [6, 6.07) is 6.82. The molecule has 2 aliphatic rings. The number of benzene rings is 1. The first-order valence-electron chi connectivity index (χ1n) is 9.31. The summed E-state index contributed by atoms with van der Waals surface area (Å²) in [6.07, 6.45) is 2.46. The molecule has 6 nitrogen and oxygen atoms in total. The standard InChI is InChI=1S/C19H27FN4O2/c20-16-3-1-2-4-17(16)24-10-5-14(12-24)11-22-19(26)15-6-8-23(9-7-15)13-18(21)25/h1-4,14-15H,5-13H2,(H2,21,25)(H,22,26). The van der Waals surface area contributed by atoms with Gasteiger partial charge in [0.25, 0.3) is 0 Å². The van der Waals surface area contributed by atoms with E-state index in [2.05, 4.69) is 10.2 Å². The third-order valence-electron chi connectivity index (χ3n) is 5.38. The molecule has 2 amide bonds. The van der Waals surface area contributed by atoms with E-state index in [9.17, 15) is 14.0 Å². The van der Waals surface area contributed by atoms with E-state index >= 15 is 0 Å². The molecule has 0 spiro atoms. The number of para-hydroxylation sites is 1. The van der Waals surface area contributed by atoms with Gasteiger partial charge >= 0.3 is 0 Å². The predicted octanol–water partition coefficient (Wildman–Crippen LogP) is 0.965. The first-order valence-corrected chi connectivity index (χ1v) is 9.31. The van der Waals surface area contributed by atoms with Crippen molar-refractivity contribution >= 4 is 17.5 Å². The Kier molecular flexibility index (Phi) is 6.08. The summed E-state index contributed by atoms with van der Waals surface area (Å²) < 4.78 is 13.9. The van der Waals surface area contributed by atoms with Crippen LogP contribution in [0, 0.1) is 17.7 Å². The minimum absolute atomic E-state index is 0.00296. The molecular weight excluding hydrogens is 335 g/mol. The van der Waals surface area contributed by atoms with Crippen LogP contribution in [0.4, 0.5) is 10.1 Å². The highest BCUT2D eigenvalue weighted by Crippen LogP contribution is 2.26. The van der Waals surface area contributed by atoms with Crippen molar-refractivity contribution in [2.75, 3.05) is 44.2 Å². The van der Waals surface area contributed by atoms with E-state index in [1.165, 1.54) is 6.07 Å². The number of halogens is 1. The number of nitrogens with two attached hydrogens (primary N) is 1. The predicted molar refractivity (Wildman–Crippen MR) is 98.1 cm³/mol. The van der Waals surface area contributed by atoms with Crippen LogP contribution in [0.1, 0.15) is 19.3 Å². The maximum Gasteiger partial charge on any atom is 0.231 e. The zero-order chi connectivity index (χ0) is 18.5. The van der Waals surface area contributed by atoms with Gasteiger partial charge in [-0.3, -0.25) is 14.5 Å². The van der Waals surface area contributed by atoms with Crippen molar-refractivity contribution in [2.24, 2.45) is 17.6 Å². The summed E-state index contributed by atoms with van der Waals surface area (Å²) in [4.78, 5) is 27.4. The van der Waals surface area contributed by atoms with Crippen LogP contribution in [-0.2, 0) is 9.59 Å². The van der Waals surface area contributed by atoms with Crippen molar-refractivity contribution in [3.8, 4) is 0 Å². The van der Waals surface area contributed by atoms with Gasteiger partial charge in [0, 0.05) is 25.6 Å². The van der Waals surface area contributed by atoms with Gasteiger partial charge in [0.05, 0.1) is 12.2 Å². The molecule has 2 saturated heterocycles. The lowest BCUT2D eigenvalue weighted by atomic mass is 9.95. The normalized spacial score (nSPS) is 21.7. The molecule has 2 aliphatic heterocycles. The van der Waals surface area contributed by atoms with Crippen LogP contribution in [0.25, 0.3) is 0 Å². The van der Waals surface area contributed by atoms with Gasteiger partial charge in [0.1, 0.15) is 5.82 Å². The first-order chi connectivity index (χ1) is 12.5. The molecule has 1 aromatic rings. The second-order valence-electron chi connectivity index (χ2n) is 7.31. The van der Waals surface area contributed by atoms with Gasteiger partial charge in [0.2, 0.25) is 11.8 Å². The SMILES string of the molecule is NC(=O)CN1CCC(C(=O)NCC2CCN(c3ccccc3F)C2)CC1. The lowest BCUT2D eigenvalue weighted by Crippen LogP contribution is -2.44. The molecule has 0 aromatic heterocycles. The van der Waals surface area contributed by atoms with Crippen LogP contribution in [0.3, 0.4) is 0 Å². The fourth-order valence-electron chi connectivity index (χ4n) is 3.89. The van der Waals surface area contributed by atoms with Crippen molar-refractivity contribution in [1.82, 2.24) is 10.2 Å². The summed E-state index contributed by atoms with van der Waals surface area (Å²) in [5.74, 6) is -0.0850. The largest absolute Gasteiger partial charge is 0.369 e. The second-order valence-corrected chi connectivity index (χ2v) is 7.31. The van der Waals surface area contributed by atoms with Crippen molar-refractivity contribution in [2.45, 2.75) is 19.3 Å². The van der Waals surface area contributed by atoms with Crippen molar-refractivity contribution in [3.63, 3.8) is 0 Å². The molecule has 3 rings (SSSR count). The Labute approximate surface area is 153 Å². The van der Waals surface area contributed by atoms with Crippen LogP contribution >= 0.6 is 0 Å². The summed E-state index contributed by atoms with van der Waals surface area (Å²) in [6.45, 7) is 3.93. The van der Waals surface area contributed by atoms with Gasteiger partial charge in [-0.1, -0.05) is 12.1 Å². The molecule has 2 fully saturated rings. The molecule has 3 N–H and O–H groups in total. The number of piperidine rings is 1. The third-order valence-corrected chi connectivity index (χ3v) is 5.38. The highest BCUT2D eigenvalue weighted by Gasteiger charge is 2.28. The second kappa shape index (κ2) is 8.49. The number of carbonyl (C=O) groups is 2. The molecule has 0 aliphatic carbocycles. The Hall–Kier alpha value is -2.15. The quantitative estimate of drug-likeness (QED) is 0.790. The highest BCUT2D eigenvalue weighted by atomic mass is 19.1. The Balaban J connectivity index is 1.40. The van der Waals surface area contributed by atoms with Gasteiger partial charge in [-0.05, 0) is 50.4 Å². The van der Waals surface area contributed by atoms with E-state index in [0.29, 0.717) is 18.2 Å². The average Bonchev–Trinajstić information content (AvgIpc) is 3.09. The molecule has 0 radical (unpaired) electrons. The lowest BCUT2D eigenvalue weighted by Gasteiger charge is -2.30. The smallest absolute Gasteiger partial charge is 0.231 e. The van der Waals surface area contributed by atoms with Gasteiger partial charge < -0.3 is 16.0 Å². The van der Waals surface area contributed by atoms with E-state index < -0.39 is 0 Å². The maximum atomic E-state index is 13.9. The Bertz CT molecular complexity index is 646. The van der Waals surface area contributed by atoms with Gasteiger partial charge in [-0.25, -0.2) is 4.39 Å². The minimum Gasteiger partial charge on any atom is -0.369 e. The number of anilines is 1. The summed E-state index contributed by atoms with van der Waals surface area (Å²) in [7, 11) is 0. The topological polar surface area (TPSA) is 78.7 Å². The van der Waals surface area contributed by atoms with Crippen molar-refractivity contribution in [3.05, 3.63) is 30.1 Å². The molecule has 142 valence electrons. The van der Waals surface area contributed by atoms with Crippen LogP contribution in [0.5, 0.6) is 0 Å². The van der Waals surface area contributed by atoms with Gasteiger partial charge in [0.15, 0.2) is 0 Å². The first kappa shape index (κ1) is 18.6. The molecule has 7 heteroatoms. The zero-order valence-corrected chi connectivity index (χ0v) is 15.0. The van der Waals surface area contributed by atoms with E-state index in [1.54, 1.807) is 12.1 Å². The van der Waals surface area contributed by atoms with Crippen LogP contribution in [0.15, 0.2) is 24.3 Å². The third kappa shape index (κ3) is 4.72. The number of hydrogen-bond donors (Lipinski definition) is 2. The van der Waals surface area contributed by atoms with E-state index in [0.717, 1.165) is 45.4 Å². The molecule has 26 heavy (non-hydrogen) atoms. The van der Waals surface area contributed by atoms with E-state index in [-0.39, 0.29) is 30.1 Å². The van der Waals surface area contributed by atoms with Crippen LogP contribution < -0.4 is 16.0 Å². The van der Waals surface area contributed by atoms with Crippen molar-refractivity contribution < 1.29 is 14.0 Å². The Morgan fingerprint density at radius 1 is 1.15 bits per heavy atom. The molecule has 1 atom stereocenters. The molecular formula is C19H27FN4O2. The number of hydrogen-bond acceptors (Lipinski definition) is 4. The average molecular weight is 362 g/mol. The van der Waals surface area contributed by atoms with Gasteiger partial charge in [-0.2, -0.15) is 0 Å². The summed E-state index contributed by atoms with van der Waals surface area (Å²) in [5.41, 5.74) is 5.85. The molecule has 1 unspecified atom stereocenters. The number of nitrogens with zero attached hydrogens (tertiary/aromatic N) is 2. The van der Waals surface area contributed by atoms with E-state index in [4.69, 9.17) is 5.73 Å². The fourth-order valence-corrected chi connectivity index (χ4v) is 3.89. The maximum absolute atomic E-state index is 13.9. The van der Waals surface area contributed by atoms with Crippen molar-refractivity contribution in [1.29, 1.82) is 0 Å². The number of primary amides is 1. The van der Waals surface area contributed by atoms with Crippen LogP contribution in [0.2, 0.25) is 0 Å². The Morgan fingerprint density at radius 2 is 1.88 bits per heavy atom. The number of rotatable bonds is 6. The monoisotopic (exact) mass is 362 g/mol. The van der Waals surface area contributed by atoms with Gasteiger partial charge in [-0.15, -0.1) is 0 Å². The molecule has 0 bridgehead atoms. The molecule has 2 heterocycles. The number of carbonyl (C=O) groups excluding carboxylic acids is 2. The lowest BCUT2D eigenvalue weighted by molar-refractivity contribution is -0.126. The van der Waals surface area contributed by atoms with E-state index in [1.807, 2.05) is 11.0 Å².